The fraction of sp³-hybridized carbons (Fsp3) is 0.458. The van der Waals surface area contributed by atoms with Gasteiger partial charge in [-0.15, -0.1) is 0 Å². The van der Waals surface area contributed by atoms with E-state index in [2.05, 4.69) is 76.2 Å². The molecule has 0 heterocycles. The number of aryl methyl sites for hydroxylation is 1. The van der Waals surface area contributed by atoms with E-state index in [1.807, 2.05) is 97.9 Å². The van der Waals surface area contributed by atoms with Crippen LogP contribution in [-0.2, 0) is 15.9 Å². The van der Waals surface area contributed by atoms with Crippen molar-refractivity contribution in [2.24, 2.45) is 11.8 Å². The van der Waals surface area contributed by atoms with Gasteiger partial charge in [-0.25, -0.2) is 14.4 Å². The van der Waals surface area contributed by atoms with Crippen molar-refractivity contribution in [1.29, 1.82) is 0 Å². The van der Waals surface area contributed by atoms with E-state index in [-0.39, 0.29) is 18.7 Å². The Labute approximate surface area is 474 Å². The second kappa shape index (κ2) is 32.6. The number of hydrogen-bond acceptors (Lipinski definition) is 7. The average molecular weight is 1070 g/mol. The molecule has 2 unspecified atom stereocenters. The van der Waals surface area contributed by atoms with Gasteiger partial charge in [0.25, 0.3) is 0 Å². The van der Waals surface area contributed by atoms with Crippen molar-refractivity contribution in [1.82, 2.24) is 0 Å². The fourth-order valence-electron chi connectivity index (χ4n) is 11.3. The highest BCUT2D eigenvalue weighted by molar-refractivity contribution is 5.92. The molecule has 7 nitrogen and oxygen atoms in total. The topological polar surface area (TPSA) is 88.1 Å². The molecule has 2 aliphatic rings. The van der Waals surface area contributed by atoms with E-state index in [4.69, 9.17) is 18.9 Å². The average Bonchev–Trinajstić information content (AvgIpc) is 3.51. The highest BCUT2D eigenvalue weighted by Gasteiger charge is 2.26. The van der Waals surface area contributed by atoms with Gasteiger partial charge in [-0.05, 0) is 195 Å². The van der Waals surface area contributed by atoms with Gasteiger partial charge in [0, 0.05) is 0 Å². The molecule has 6 aromatic carbocycles. The number of carbonyl (C=O) groups excluding carboxylic acids is 3. The van der Waals surface area contributed by atoms with Gasteiger partial charge in [0.1, 0.15) is 18.1 Å². The second-order valence-electron chi connectivity index (χ2n) is 22.5. The Morgan fingerprint density at radius 1 is 0.468 bits per heavy atom. The molecular weight excluding hydrogens is 977 g/mol. The van der Waals surface area contributed by atoms with E-state index < -0.39 is 18.0 Å². The Kier molecular flexibility index (Phi) is 24.8. The predicted molar refractivity (Wildman–Crippen MR) is 322 cm³/mol. The molecule has 2 atom stereocenters. The number of benzene rings is 6. The van der Waals surface area contributed by atoms with Crippen LogP contribution in [0.1, 0.15) is 234 Å². The maximum atomic E-state index is 13.3. The molecular formula is C72H90O7. The van der Waals surface area contributed by atoms with Crippen LogP contribution in [0.5, 0.6) is 11.5 Å². The first-order valence-electron chi connectivity index (χ1n) is 30.4. The van der Waals surface area contributed by atoms with E-state index in [0.717, 1.165) is 47.1 Å². The molecule has 0 N–H and O–H groups in total. The second-order valence-corrected chi connectivity index (χ2v) is 22.5. The van der Waals surface area contributed by atoms with Crippen LogP contribution in [-0.4, -0.2) is 30.6 Å². The Bertz CT molecular complexity index is 2680. The molecule has 420 valence electrons. The summed E-state index contributed by atoms with van der Waals surface area (Å²) in [5.74, 6) is 3.00. The number of unbranched alkanes of at least 4 members (excludes halogenated alkanes) is 6. The van der Waals surface area contributed by atoms with Gasteiger partial charge in [0.2, 0.25) is 0 Å². The van der Waals surface area contributed by atoms with Crippen molar-refractivity contribution < 1.29 is 33.3 Å². The first kappa shape index (κ1) is 60.2. The Morgan fingerprint density at radius 3 is 1.43 bits per heavy atom. The summed E-state index contributed by atoms with van der Waals surface area (Å²) in [5, 5.41) is 0. The van der Waals surface area contributed by atoms with Gasteiger partial charge in [0.05, 0.1) is 22.8 Å². The summed E-state index contributed by atoms with van der Waals surface area (Å²) in [5.41, 5.74) is 8.60. The van der Waals surface area contributed by atoms with Crippen LogP contribution in [0.2, 0.25) is 0 Å². The molecule has 7 heteroatoms. The number of esters is 3. The number of rotatable bonds is 26. The molecule has 8 rings (SSSR count). The smallest absolute Gasteiger partial charge is 0.343 e. The lowest BCUT2D eigenvalue weighted by molar-refractivity contribution is -0.00134. The van der Waals surface area contributed by atoms with Crippen molar-refractivity contribution in [3.8, 4) is 22.6 Å². The summed E-state index contributed by atoms with van der Waals surface area (Å²) in [6.45, 7) is 10.8. The van der Waals surface area contributed by atoms with Gasteiger partial charge in [-0.2, -0.15) is 0 Å². The standard InChI is InChI=1S/C44H58O4.C28H32O3/c1-3-5-8-12-33-16-20-35(21-17-33)37-24-28-40(29-25-37)43(45)47-32-42(39-14-10-7-11-15-39)48-44(46)41-30-26-38(27-31-41)36-22-18-34(19-23-36)13-9-6-4-2;1-4-6-7-8-22-9-11-23(12-10-22)24-13-15-25(16-14-24)28(29)31-27-19-17-26(18-20-27)30-21(3)5-2/h7,10-11,14-15,24-31,33-36,42H,3-6,8-9,12-13,16-23,32H2,1-2H3;9-21H,4-8H2,1-3H3. The van der Waals surface area contributed by atoms with Gasteiger partial charge in [-0.1, -0.05) is 183 Å². The quantitative estimate of drug-likeness (QED) is 0.0304. The number of carbonyl (C=O) groups is 3. The third kappa shape index (κ3) is 19.4. The van der Waals surface area contributed by atoms with Crippen LogP contribution in [0.4, 0.5) is 0 Å². The molecule has 79 heavy (non-hydrogen) atoms. The van der Waals surface area contributed by atoms with E-state index >= 15 is 0 Å². The third-order valence-electron chi connectivity index (χ3n) is 16.6. The monoisotopic (exact) mass is 1070 g/mol. The summed E-state index contributed by atoms with van der Waals surface area (Å²) in [6.07, 6.45) is 26.2. The Balaban J connectivity index is 0.000000251. The van der Waals surface area contributed by atoms with E-state index in [1.165, 1.54) is 139 Å². The van der Waals surface area contributed by atoms with Crippen LogP contribution in [0, 0.1) is 11.8 Å². The summed E-state index contributed by atoms with van der Waals surface area (Å²) in [4.78, 5) is 38.9. The molecule has 0 aromatic heterocycles. The van der Waals surface area contributed by atoms with Crippen LogP contribution in [0.15, 0.2) is 152 Å². The van der Waals surface area contributed by atoms with E-state index in [1.54, 1.807) is 12.1 Å². The van der Waals surface area contributed by atoms with Gasteiger partial charge in [-0.3, -0.25) is 0 Å². The van der Waals surface area contributed by atoms with Gasteiger partial charge < -0.3 is 18.9 Å². The van der Waals surface area contributed by atoms with Crippen molar-refractivity contribution in [2.75, 3.05) is 6.61 Å². The first-order valence-corrected chi connectivity index (χ1v) is 30.4. The summed E-state index contributed by atoms with van der Waals surface area (Å²) >= 11 is 0. The lowest BCUT2D eigenvalue weighted by Gasteiger charge is -2.29. The van der Waals surface area contributed by atoms with Gasteiger partial charge in [0.15, 0.2) is 6.10 Å². The minimum absolute atomic E-state index is 0.0437. The summed E-state index contributed by atoms with van der Waals surface area (Å²) in [7, 11) is 0. The lowest BCUT2D eigenvalue weighted by atomic mass is 9.77. The molecule has 2 saturated carbocycles. The van der Waals surface area contributed by atoms with E-state index in [9.17, 15) is 14.4 Å². The summed E-state index contributed by atoms with van der Waals surface area (Å²) < 4.78 is 23.0. The zero-order valence-electron chi connectivity index (χ0n) is 48.3. The van der Waals surface area contributed by atoms with Gasteiger partial charge >= 0.3 is 17.9 Å². The van der Waals surface area contributed by atoms with Crippen LogP contribution in [0.3, 0.4) is 0 Å². The maximum absolute atomic E-state index is 13.3. The lowest BCUT2D eigenvalue weighted by Crippen LogP contribution is -2.19. The molecule has 0 radical (unpaired) electrons. The Morgan fingerprint density at radius 2 is 0.924 bits per heavy atom. The molecule has 0 aliphatic heterocycles. The fourth-order valence-corrected chi connectivity index (χ4v) is 11.3. The summed E-state index contributed by atoms with van der Waals surface area (Å²) in [6, 6.07) is 48.9. The van der Waals surface area contributed by atoms with Crippen molar-refractivity contribution >= 4 is 17.9 Å². The Hall–Kier alpha value is -6.47. The molecule has 0 spiro atoms. The molecule has 0 amide bonds. The first-order chi connectivity index (χ1) is 38.6. The maximum Gasteiger partial charge on any atom is 0.343 e. The zero-order valence-corrected chi connectivity index (χ0v) is 48.3. The minimum atomic E-state index is -0.697. The SMILES string of the molecule is CCCCCC1CCC(c2ccc(C(=O)OCC(OC(=O)c3ccc(C4CCC(CCCCC)CC4)cc3)c3ccccc3)cc2)CC1.CCCCCc1ccc(-c2ccc(C(=O)Oc3ccc(OC(C)CC)cc3)cc2)cc1. The minimum Gasteiger partial charge on any atom is -0.491 e. The normalized spacial score (nSPS) is 17.8. The highest BCUT2D eigenvalue weighted by Crippen LogP contribution is 2.39. The molecule has 0 bridgehead atoms. The number of hydrogen-bond donors (Lipinski definition) is 0. The largest absolute Gasteiger partial charge is 0.491 e. The van der Waals surface area contributed by atoms with Crippen molar-refractivity contribution in [3.63, 3.8) is 0 Å². The van der Waals surface area contributed by atoms with Crippen molar-refractivity contribution in [3.05, 3.63) is 191 Å². The van der Waals surface area contributed by atoms with E-state index in [0.29, 0.717) is 34.3 Å². The van der Waals surface area contributed by atoms with Crippen LogP contribution < -0.4 is 9.47 Å². The highest BCUT2D eigenvalue weighted by atomic mass is 16.6. The van der Waals surface area contributed by atoms with Crippen LogP contribution in [0.25, 0.3) is 11.1 Å². The molecule has 2 fully saturated rings. The third-order valence-corrected chi connectivity index (χ3v) is 16.6. The molecule has 0 saturated heterocycles. The molecule has 6 aromatic rings. The molecule has 2 aliphatic carbocycles. The van der Waals surface area contributed by atoms with Crippen molar-refractivity contribution in [2.45, 2.75) is 193 Å². The zero-order chi connectivity index (χ0) is 55.6. The number of ether oxygens (including phenoxy) is 4. The predicted octanol–water partition coefficient (Wildman–Crippen LogP) is 19.6. The van der Waals surface area contributed by atoms with Crippen LogP contribution >= 0.6 is 0 Å².